The van der Waals surface area contributed by atoms with E-state index in [0.29, 0.717) is 19.3 Å². The van der Waals surface area contributed by atoms with Crippen molar-refractivity contribution in [2.24, 2.45) is 0 Å². The first-order chi connectivity index (χ1) is 41.0. The maximum absolute atomic E-state index is 12.9. The summed E-state index contributed by atoms with van der Waals surface area (Å²) in [4.78, 5) is 38.3. The molecule has 0 aromatic carbocycles. The van der Waals surface area contributed by atoms with E-state index in [2.05, 4.69) is 227 Å². The molecule has 0 N–H and O–H groups in total. The van der Waals surface area contributed by atoms with E-state index >= 15 is 0 Å². The molecule has 0 fully saturated rings. The fourth-order valence-corrected chi connectivity index (χ4v) is 7.95. The lowest BCUT2D eigenvalue weighted by atomic mass is 10.1. The van der Waals surface area contributed by atoms with Gasteiger partial charge in [-0.25, -0.2) is 0 Å². The molecular formula is C77H116O6. The Labute approximate surface area is 509 Å². The van der Waals surface area contributed by atoms with Crippen LogP contribution in [0.1, 0.15) is 239 Å². The first kappa shape index (κ1) is 77.0. The zero-order valence-electron chi connectivity index (χ0n) is 52.6. The largest absolute Gasteiger partial charge is 0.462 e. The summed E-state index contributed by atoms with van der Waals surface area (Å²) in [5.74, 6) is -1.04. The van der Waals surface area contributed by atoms with E-state index in [9.17, 15) is 14.4 Å². The Morgan fingerprint density at radius 1 is 0.253 bits per heavy atom. The van der Waals surface area contributed by atoms with Gasteiger partial charge in [0.25, 0.3) is 0 Å². The molecule has 6 nitrogen and oxygen atoms in total. The van der Waals surface area contributed by atoms with Gasteiger partial charge in [0.05, 0.1) is 0 Å². The quantitative estimate of drug-likeness (QED) is 0.0261. The molecular weight excluding hydrogens is 1020 g/mol. The van der Waals surface area contributed by atoms with Crippen molar-refractivity contribution in [2.45, 2.75) is 245 Å². The number of hydrogen-bond acceptors (Lipinski definition) is 6. The number of rotatable bonds is 56. The first-order valence-electron chi connectivity index (χ1n) is 32.6. The molecule has 0 aromatic rings. The minimum atomic E-state index is -0.840. The van der Waals surface area contributed by atoms with Crippen LogP contribution in [-0.4, -0.2) is 37.2 Å². The molecule has 0 saturated carbocycles. The van der Waals surface area contributed by atoms with Crippen molar-refractivity contribution in [3.8, 4) is 0 Å². The van der Waals surface area contributed by atoms with E-state index in [1.165, 1.54) is 6.42 Å². The topological polar surface area (TPSA) is 78.9 Å². The molecule has 1 atom stereocenters. The average Bonchev–Trinajstić information content (AvgIpc) is 3.49. The van der Waals surface area contributed by atoms with Crippen molar-refractivity contribution >= 4 is 17.9 Å². The Kier molecular flexibility index (Phi) is 63.5. The lowest BCUT2D eigenvalue weighted by Gasteiger charge is -2.18. The summed E-state index contributed by atoms with van der Waals surface area (Å²) in [6.07, 6.45) is 105. The number of carbonyl (C=O) groups is 3. The third-order valence-electron chi connectivity index (χ3n) is 12.7. The number of unbranched alkanes of at least 4 members (excludes halogenated alkanes) is 11. The van der Waals surface area contributed by atoms with Gasteiger partial charge in [-0.2, -0.15) is 0 Å². The Morgan fingerprint density at radius 2 is 0.482 bits per heavy atom. The Balaban J connectivity index is 4.53. The highest BCUT2D eigenvalue weighted by atomic mass is 16.6. The number of ether oxygens (including phenoxy) is 3. The lowest BCUT2D eigenvalue weighted by molar-refractivity contribution is -0.167. The predicted octanol–water partition coefficient (Wildman–Crippen LogP) is 22.8. The normalized spacial score (nSPS) is 13.5. The van der Waals surface area contributed by atoms with E-state index in [1.54, 1.807) is 0 Å². The molecule has 0 aliphatic rings. The van der Waals surface area contributed by atoms with E-state index in [4.69, 9.17) is 14.2 Å². The van der Waals surface area contributed by atoms with Gasteiger partial charge in [0.1, 0.15) is 13.2 Å². The predicted molar refractivity (Wildman–Crippen MR) is 361 cm³/mol. The summed E-state index contributed by atoms with van der Waals surface area (Å²) in [6.45, 7) is 6.25. The van der Waals surface area contributed by atoms with Crippen LogP contribution in [0.3, 0.4) is 0 Å². The van der Waals surface area contributed by atoms with Gasteiger partial charge < -0.3 is 14.2 Å². The first-order valence-corrected chi connectivity index (χ1v) is 32.6. The van der Waals surface area contributed by atoms with E-state index in [0.717, 1.165) is 186 Å². The minimum Gasteiger partial charge on any atom is -0.462 e. The molecule has 6 heteroatoms. The number of carbonyl (C=O) groups excluding carboxylic acids is 3. The zero-order valence-corrected chi connectivity index (χ0v) is 52.6. The van der Waals surface area contributed by atoms with Crippen molar-refractivity contribution < 1.29 is 28.6 Å². The van der Waals surface area contributed by atoms with Crippen molar-refractivity contribution in [2.75, 3.05) is 13.2 Å². The standard InChI is InChI=1S/C77H116O6/c1-4-7-10-13-16-19-22-25-27-29-31-33-35-36-37-38-39-40-42-43-45-47-49-52-55-58-61-64-67-70-76(79)82-73-74(72-81-75(78)69-66-63-60-57-54-51-24-21-18-15-12-9-6-3)83-77(80)71-68-65-62-59-56-53-50-48-46-44-41-34-32-30-28-26-23-20-17-14-11-8-5-2/h7-8,10-12,15-17,19-21,24-28,31-34,36-37,39-40,43-46,49-50,52-53,59,62,74H,4-6,9,13-14,18,22-23,29-30,35,38,41-42,47-48,51,54-58,60-61,63-73H2,1-3H3/b10-7-,11-8-,15-12-,19-16-,20-17-,24-21-,27-25-,28-26-,33-31-,34-32-,37-36-,40-39-,45-43-,46-44-,52-49-,53-50-,62-59-. The second-order valence-corrected chi connectivity index (χ2v) is 20.5. The van der Waals surface area contributed by atoms with Crippen LogP contribution in [0.4, 0.5) is 0 Å². The molecule has 0 heterocycles. The SMILES string of the molecule is CC/C=C\C/C=C\C/C=C\C/C=C\C/C=C\C/C=C\C/C=C\C/C=C\CCCCCCC(=O)OCC(COC(=O)CCCCCCC/C=C\C/C=C\CCC)OC(=O)CCC/C=C\C/C=C\C/C=C\C/C=C\C/C=C\C/C=C\C/C=C\CC. The van der Waals surface area contributed by atoms with Gasteiger partial charge in [-0.15, -0.1) is 0 Å². The maximum Gasteiger partial charge on any atom is 0.306 e. The van der Waals surface area contributed by atoms with Crippen LogP contribution in [0.2, 0.25) is 0 Å². The number of hydrogen-bond donors (Lipinski definition) is 0. The minimum absolute atomic E-state index is 0.129. The van der Waals surface area contributed by atoms with Gasteiger partial charge >= 0.3 is 17.9 Å². The monoisotopic (exact) mass is 1140 g/mol. The van der Waals surface area contributed by atoms with Gasteiger partial charge in [-0.05, 0) is 161 Å². The Hall–Kier alpha value is -6.01. The second-order valence-electron chi connectivity index (χ2n) is 20.5. The van der Waals surface area contributed by atoms with Crippen LogP contribution in [-0.2, 0) is 28.6 Å². The highest BCUT2D eigenvalue weighted by molar-refractivity contribution is 5.71. The smallest absolute Gasteiger partial charge is 0.306 e. The molecule has 0 aromatic heterocycles. The molecule has 0 aliphatic carbocycles. The average molecular weight is 1140 g/mol. The van der Waals surface area contributed by atoms with Crippen LogP contribution in [0.15, 0.2) is 207 Å². The molecule has 0 spiro atoms. The van der Waals surface area contributed by atoms with Crippen LogP contribution < -0.4 is 0 Å². The third-order valence-corrected chi connectivity index (χ3v) is 12.7. The summed E-state index contributed by atoms with van der Waals surface area (Å²) < 4.78 is 16.8. The third kappa shape index (κ3) is 66.7. The molecule has 0 saturated heterocycles. The fraction of sp³-hybridized carbons (Fsp3) is 0.519. The van der Waals surface area contributed by atoms with Gasteiger partial charge in [0.15, 0.2) is 6.10 Å². The molecule has 0 aliphatic heterocycles. The fourth-order valence-electron chi connectivity index (χ4n) is 7.95. The lowest BCUT2D eigenvalue weighted by Crippen LogP contribution is -2.30. The highest BCUT2D eigenvalue weighted by Crippen LogP contribution is 2.12. The van der Waals surface area contributed by atoms with Gasteiger partial charge in [-0.1, -0.05) is 266 Å². The van der Waals surface area contributed by atoms with Crippen molar-refractivity contribution in [1.29, 1.82) is 0 Å². The summed E-state index contributed by atoms with van der Waals surface area (Å²) in [5.41, 5.74) is 0. The van der Waals surface area contributed by atoms with E-state index < -0.39 is 6.10 Å². The summed E-state index contributed by atoms with van der Waals surface area (Å²) >= 11 is 0. The Morgan fingerprint density at radius 3 is 0.771 bits per heavy atom. The second kappa shape index (κ2) is 68.5. The van der Waals surface area contributed by atoms with Crippen LogP contribution in [0.5, 0.6) is 0 Å². The molecule has 0 rings (SSSR count). The van der Waals surface area contributed by atoms with Crippen LogP contribution in [0, 0.1) is 0 Å². The molecule has 0 radical (unpaired) electrons. The molecule has 0 bridgehead atoms. The van der Waals surface area contributed by atoms with Crippen LogP contribution >= 0.6 is 0 Å². The Bertz CT molecular complexity index is 2030. The molecule has 1 unspecified atom stereocenters. The van der Waals surface area contributed by atoms with Crippen molar-refractivity contribution in [3.05, 3.63) is 207 Å². The zero-order chi connectivity index (χ0) is 59.9. The van der Waals surface area contributed by atoms with Gasteiger partial charge in [-0.3, -0.25) is 14.4 Å². The van der Waals surface area contributed by atoms with Crippen molar-refractivity contribution in [1.82, 2.24) is 0 Å². The summed E-state index contributed by atoms with van der Waals surface area (Å²) in [7, 11) is 0. The molecule has 460 valence electrons. The van der Waals surface area contributed by atoms with E-state index in [1.807, 2.05) is 0 Å². The highest BCUT2D eigenvalue weighted by Gasteiger charge is 2.19. The summed E-state index contributed by atoms with van der Waals surface area (Å²) in [6, 6.07) is 0. The molecule has 0 amide bonds. The molecule has 83 heavy (non-hydrogen) atoms. The maximum atomic E-state index is 12.9. The van der Waals surface area contributed by atoms with Crippen LogP contribution in [0.25, 0.3) is 0 Å². The number of esters is 3. The van der Waals surface area contributed by atoms with Crippen molar-refractivity contribution in [3.63, 3.8) is 0 Å². The summed E-state index contributed by atoms with van der Waals surface area (Å²) in [5, 5.41) is 0. The number of allylic oxidation sites excluding steroid dienone is 34. The van der Waals surface area contributed by atoms with Gasteiger partial charge in [0.2, 0.25) is 0 Å². The van der Waals surface area contributed by atoms with Gasteiger partial charge in [0, 0.05) is 19.3 Å². The van der Waals surface area contributed by atoms with E-state index in [-0.39, 0.29) is 37.5 Å².